The fourth-order valence-corrected chi connectivity index (χ4v) is 3.16. The minimum atomic E-state index is -1.00. The number of nitrogens with zero attached hydrogens (tertiary/aromatic N) is 1. The number of rotatable bonds is 7. The van der Waals surface area contributed by atoms with E-state index in [0.29, 0.717) is 25.2 Å². The summed E-state index contributed by atoms with van der Waals surface area (Å²) in [5.74, 6) is -0.892. The van der Waals surface area contributed by atoms with Crippen LogP contribution in [0.15, 0.2) is 60.7 Å². The van der Waals surface area contributed by atoms with Gasteiger partial charge in [0.2, 0.25) is 6.10 Å². The average Bonchev–Trinajstić information content (AvgIpc) is 3.30. The summed E-state index contributed by atoms with van der Waals surface area (Å²) in [5, 5.41) is 5.14. The van der Waals surface area contributed by atoms with E-state index in [4.69, 9.17) is 4.74 Å². The van der Waals surface area contributed by atoms with Gasteiger partial charge in [-0.05, 0) is 18.4 Å². The number of esters is 1. The van der Waals surface area contributed by atoms with Gasteiger partial charge in [0.1, 0.15) is 6.54 Å². The van der Waals surface area contributed by atoms with Crippen LogP contribution in [-0.2, 0) is 20.9 Å². The van der Waals surface area contributed by atoms with Gasteiger partial charge in [0, 0.05) is 25.2 Å². The van der Waals surface area contributed by atoms with E-state index in [-0.39, 0.29) is 12.5 Å². The van der Waals surface area contributed by atoms with Gasteiger partial charge in [0.25, 0.3) is 5.91 Å². The second-order valence-electron chi connectivity index (χ2n) is 6.83. The highest BCUT2D eigenvalue weighted by Gasteiger charge is 2.30. The van der Waals surface area contributed by atoms with E-state index in [1.807, 2.05) is 36.4 Å². The van der Waals surface area contributed by atoms with Crippen molar-refractivity contribution in [1.82, 2.24) is 15.5 Å². The van der Waals surface area contributed by atoms with Gasteiger partial charge in [-0.25, -0.2) is 4.79 Å². The Bertz CT molecular complexity index is 820. The zero-order valence-corrected chi connectivity index (χ0v) is 16.2. The molecular formula is C22H25N3O4. The van der Waals surface area contributed by atoms with Gasteiger partial charge in [-0.3, -0.25) is 9.59 Å². The summed E-state index contributed by atoms with van der Waals surface area (Å²) < 4.78 is 5.45. The van der Waals surface area contributed by atoms with E-state index in [1.165, 1.54) is 0 Å². The van der Waals surface area contributed by atoms with Crippen LogP contribution >= 0.6 is 0 Å². The van der Waals surface area contributed by atoms with E-state index in [0.717, 1.165) is 18.4 Å². The molecule has 7 heteroatoms. The minimum absolute atomic E-state index is 0.226. The Morgan fingerprint density at radius 1 is 0.897 bits per heavy atom. The molecular weight excluding hydrogens is 370 g/mol. The molecule has 2 aromatic carbocycles. The molecule has 0 radical (unpaired) electrons. The number of carbonyl (C=O) groups is 3. The fourth-order valence-electron chi connectivity index (χ4n) is 3.16. The molecule has 1 unspecified atom stereocenters. The molecule has 1 heterocycles. The monoisotopic (exact) mass is 395 g/mol. The summed E-state index contributed by atoms with van der Waals surface area (Å²) in [4.78, 5) is 38.7. The molecule has 3 rings (SSSR count). The molecule has 7 nitrogen and oxygen atoms in total. The molecule has 0 saturated carbocycles. The predicted octanol–water partition coefficient (Wildman–Crippen LogP) is 2.39. The number of likely N-dealkylation sites (tertiary alicyclic amines) is 1. The zero-order chi connectivity index (χ0) is 20.5. The van der Waals surface area contributed by atoms with E-state index >= 15 is 0 Å². The first-order valence-electron chi connectivity index (χ1n) is 9.72. The first kappa shape index (κ1) is 20.4. The smallest absolute Gasteiger partial charge is 0.326 e. The van der Waals surface area contributed by atoms with Crippen molar-refractivity contribution in [2.45, 2.75) is 25.5 Å². The van der Waals surface area contributed by atoms with Crippen LogP contribution in [0.3, 0.4) is 0 Å². The summed E-state index contributed by atoms with van der Waals surface area (Å²) in [6.07, 6.45) is 0.894. The van der Waals surface area contributed by atoms with Crippen LogP contribution in [0, 0.1) is 0 Å². The Labute approximate surface area is 170 Å². The van der Waals surface area contributed by atoms with Crippen LogP contribution in [0.4, 0.5) is 4.79 Å². The highest BCUT2D eigenvalue weighted by molar-refractivity contribution is 5.86. The van der Waals surface area contributed by atoms with Crippen molar-refractivity contribution in [2.24, 2.45) is 0 Å². The Morgan fingerprint density at radius 3 is 2.17 bits per heavy atom. The van der Waals surface area contributed by atoms with E-state index in [1.54, 1.807) is 29.2 Å². The Hall–Kier alpha value is -3.35. The van der Waals surface area contributed by atoms with Crippen LogP contribution in [0.1, 0.15) is 30.1 Å². The summed E-state index contributed by atoms with van der Waals surface area (Å²) in [6, 6.07) is 17.9. The van der Waals surface area contributed by atoms with Gasteiger partial charge >= 0.3 is 12.0 Å². The Kier molecular flexibility index (Phi) is 7.22. The number of urea groups is 1. The SMILES string of the molecule is O=C(NCC(=O)OC(C(=O)N1CCCC1)c1ccccc1)NCc1ccccc1. The maximum Gasteiger partial charge on any atom is 0.326 e. The van der Waals surface area contributed by atoms with E-state index in [9.17, 15) is 14.4 Å². The summed E-state index contributed by atoms with van der Waals surface area (Å²) in [7, 11) is 0. The lowest BCUT2D eigenvalue weighted by Gasteiger charge is -2.23. The second-order valence-corrected chi connectivity index (χ2v) is 6.83. The molecule has 152 valence electrons. The van der Waals surface area contributed by atoms with Crippen LogP contribution in [0.25, 0.3) is 0 Å². The second kappa shape index (κ2) is 10.3. The first-order chi connectivity index (χ1) is 14.1. The molecule has 2 aromatic rings. The molecule has 0 aliphatic carbocycles. The van der Waals surface area contributed by atoms with Gasteiger partial charge in [-0.2, -0.15) is 0 Å². The molecule has 1 atom stereocenters. The summed E-state index contributed by atoms with van der Waals surface area (Å²) in [5.41, 5.74) is 1.57. The fraction of sp³-hybridized carbons (Fsp3) is 0.318. The molecule has 29 heavy (non-hydrogen) atoms. The zero-order valence-electron chi connectivity index (χ0n) is 16.2. The largest absolute Gasteiger partial charge is 0.446 e. The molecule has 0 aromatic heterocycles. The van der Waals surface area contributed by atoms with Gasteiger partial charge in [0.15, 0.2) is 0 Å². The van der Waals surface area contributed by atoms with Gasteiger partial charge in [-0.1, -0.05) is 60.7 Å². The van der Waals surface area contributed by atoms with Crippen molar-refractivity contribution >= 4 is 17.9 Å². The molecule has 0 spiro atoms. The van der Waals surface area contributed by atoms with Gasteiger partial charge in [0.05, 0.1) is 0 Å². The van der Waals surface area contributed by atoms with E-state index < -0.39 is 18.1 Å². The lowest BCUT2D eigenvalue weighted by Crippen LogP contribution is -2.40. The van der Waals surface area contributed by atoms with Crippen LogP contribution in [-0.4, -0.2) is 42.4 Å². The molecule has 1 aliphatic rings. The standard InChI is InChI=1S/C22H25N3O4/c26-19(16-24-22(28)23-15-17-9-3-1-4-10-17)29-20(18-11-5-2-6-12-18)21(27)25-13-7-8-14-25/h1-6,9-12,20H,7-8,13-16H2,(H2,23,24,28). The normalized spacial score (nSPS) is 14.1. The number of amides is 3. The third-order valence-corrected chi connectivity index (χ3v) is 4.68. The number of carbonyl (C=O) groups excluding carboxylic acids is 3. The van der Waals surface area contributed by atoms with Crippen LogP contribution < -0.4 is 10.6 Å². The average molecular weight is 395 g/mol. The number of nitrogens with one attached hydrogen (secondary N) is 2. The highest BCUT2D eigenvalue weighted by atomic mass is 16.5. The quantitative estimate of drug-likeness (QED) is 0.705. The van der Waals surface area contributed by atoms with Crippen molar-refractivity contribution in [1.29, 1.82) is 0 Å². The topological polar surface area (TPSA) is 87.7 Å². The third-order valence-electron chi connectivity index (χ3n) is 4.68. The Morgan fingerprint density at radius 2 is 1.52 bits per heavy atom. The van der Waals surface area contributed by atoms with Gasteiger partial charge in [-0.15, -0.1) is 0 Å². The first-order valence-corrected chi connectivity index (χ1v) is 9.72. The van der Waals surface area contributed by atoms with Crippen molar-refractivity contribution in [3.63, 3.8) is 0 Å². The lowest BCUT2D eigenvalue weighted by molar-refractivity contribution is -0.159. The molecule has 2 N–H and O–H groups in total. The molecule has 0 bridgehead atoms. The number of hydrogen-bond acceptors (Lipinski definition) is 4. The summed E-state index contributed by atoms with van der Waals surface area (Å²) in [6.45, 7) is 1.36. The molecule has 1 fully saturated rings. The number of benzene rings is 2. The number of ether oxygens (including phenoxy) is 1. The molecule has 1 saturated heterocycles. The minimum Gasteiger partial charge on any atom is -0.446 e. The third kappa shape index (κ3) is 6.07. The molecule has 3 amide bonds. The van der Waals surface area contributed by atoms with Crippen molar-refractivity contribution in [2.75, 3.05) is 19.6 Å². The van der Waals surface area contributed by atoms with Crippen molar-refractivity contribution in [3.05, 3.63) is 71.8 Å². The summed E-state index contributed by atoms with van der Waals surface area (Å²) >= 11 is 0. The maximum atomic E-state index is 12.8. The maximum absolute atomic E-state index is 12.8. The van der Waals surface area contributed by atoms with Crippen molar-refractivity contribution < 1.29 is 19.1 Å². The predicted molar refractivity (Wildman–Crippen MR) is 108 cm³/mol. The van der Waals surface area contributed by atoms with Crippen LogP contribution in [0.5, 0.6) is 0 Å². The van der Waals surface area contributed by atoms with Crippen LogP contribution in [0.2, 0.25) is 0 Å². The molecule has 1 aliphatic heterocycles. The van der Waals surface area contributed by atoms with Crippen molar-refractivity contribution in [3.8, 4) is 0 Å². The Balaban J connectivity index is 1.52. The highest BCUT2D eigenvalue weighted by Crippen LogP contribution is 2.22. The number of hydrogen-bond donors (Lipinski definition) is 2. The lowest BCUT2D eigenvalue weighted by atomic mass is 10.1. The van der Waals surface area contributed by atoms with Gasteiger partial charge < -0.3 is 20.3 Å². The van der Waals surface area contributed by atoms with E-state index in [2.05, 4.69) is 10.6 Å².